The van der Waals surface area contributed by atoms with Gasteiger partial charge in [0.05, 0.1) is 19.8 Å². The first-order chi connectivity index (χ1) is 7.10. The summed E-state index contributed by atoms with van der Waals surface area (Å²) in [6.45, 7) is 1.67. The molecule has 15 heavy (non-hydrogen) atoms. The van der Waals surface area contributed by atoms with Crippen molar-refractivity contribution in [2.24, 2.45) is 0 Å². The van der Waals surface area contributed by atoms with Gasteiger partial charge in [-0.25, -0.2) is 14.6 Å². The number of carbonyl (C=O) groups is 2. The molecule has 1 aromatic rings. The molecule has 0 fully saturated rings. The third kappa shape index (κ3) is 2.31. The molecule has 0 radical (unpaired) electrons. The second kappa shape index (κ2) is 4.54. The lowest BCUT2D eigenvalue weighted by Crippen LogP contribution is -2.09. The largest absolute Gasteiger partial charge is 0.465 e. The maximum atomic E-state index is 11.2. The van der Waals surface area contributed by atoms with Crippen LogP contribution in [-0.2, 0) is 9.47 Å². The van der Waals surface area contributed by atoms with Crippen LogP contribution in [0.4, 0.5) is 0 Å². The molecule has 0 bridgehead atoms. The molecule has 0 aromatic carbocycles. The van der Waals surface area contributed by atoms with Crippen LogP contribution in [-0.4, -0.2) is 31.1 Å². The lowest BCUT2D eigenvalue weighted by atomic mass is 10.1. The van der Waals surface area contributed by atoms with E-state index >= 15 is 0 Å². The first kappa shape index (κ1) is 11.2. The molecule has 1 aromatic heterocycles. The molecule has 0 amide bonds. The number of aryl methyl sites for hydroxylation is 1. The van der Waals surface area contributed by atoms with E-state index in [1.807, 2.05) is 0 Å². The van der Waals surface area contributed by atoms with Crippen molar-refractivity contribution in [1.29, 1.82) is 0 Å². The highest BCUT2D eigenvalue weighted by Crippen LogP contribution is 2.09. The number of nitrogens with zero attached hydrogens (tertiary/aromatic N) is 1. The van der Waals surface area contributed by atoms with Gasteiger partial charge >= 0.3 is 11.9 Å². The summed E-state index contributed by atoms with van der Waals surface area (Å²) in [5.41, 5.74) is 1.08. The van der Waals surface area contributed by atoms with E-state index in [0.717, 1.165) is 0 Å². The first-order valence-electron chi connectivity index (χ1n) is 4.23. The van der Waals surface area contributed by atoms with Crippen molar-refractivity contribution in [3.63, 3.8) is 0 Å². The van der Waals surface area contributed by atoms with Crippen LogP contribution in [0.15, 0.2) is 12.3 Å². The fourth-order valence-corrected chi connectivity index (χ4v) is 1.11. The van der Waals surface area contributed by atoms with Crippen LogP contribution in [0, 0.1) is 6.92 Å². The Morgan fingerprint density at radius 3 is 2.27 bits per heavy atom. The lowest BCUT2D eigenvalue weighted by Gasteiger charge is -2.04. The minimum absolute atomic E-state index is 0.199. The highest BCUT2D eigenvalue weighted by atomic mass is 16.5. The van der Waals surface area contributed by atoms with Gasteiger partial charge in [0.2, 0.25) is 0 Å². The summed E-state index contributed by atoms with van der Waals surface area (Å²) in [6, 6.07) is 1.53. The van der Waals surface area contributed by atoms with Gasteiger partial charge in [-0.15, -0.1) is 0 Å². The Kier molecular flexibility index (Phi) is 3.38. The van der Waals surface area contributed by atoms with Crippen molar-refractivity contribution in [2.45, 2.75) is 6.92 Å². The molecule has 0 N–H and O–H groups in total. The molecule has 0 unspecified atom stereocenters. The molecular formula is C10H11NO4. The van der Waals surface area contributed by atoms with Crippen molar-refractivity contribution >= 4 is 11.9 Å². The maximum Gasteiger partial charge on any atom is 0.356 e. The number of aromatic nitrogens is 1. The third-order valence-electron chi connectivity index (χ3n) is 1.88. The van der Waals surface area contributed by atoms with Crippen LogP contribution < -0.4 is 0 Å². The number of carbonyl (C=O) groups excluding carboxylic acids is 2. The molecule has 0 saturated heterocycles. The summed E-state index contributed by atoms with van der Waals surface area (Å²) in [6.07, 6.45) is 1.28. The average molecular weight is 209 g/mol. The Labute approximate surface area is 87.0 Å². The normalized spacial score (nSPS) is 9.53. The lowest BCUT2D eigenvalue weighted by molar-refractivity contribution is 0.0580. The van der Waals surface area contributed by atoms with Crippen LogP contribution in [0.3, 0.4) is 0 Å². The summed E-state index contributed by atoms with van der Waals surface area (Å²) < 4.78 is 9.05. The van der Waals surface area contributed by atoms with Gasteiger partial charge in [0, 0.05) is 6.20 Å². The molecule has 0 aliphatic carbocycles. The van der Waals surface area contributed by atoms with Gasteiger partial charge in [-0.2, -0.15) is 0 Å². The zero-order valence-corrected chi connectivity index (χ0v) is 8.73. The summed E-state index contributed by atoms with van der Waals surface area (Å²) in [7, 11) is 2.56. The van der Waals surface area contributed by atoms with Crippen molar-refractivity contribution < 1.29 is 19.1 Å². The quantitative estimate of drug-likeness (QED) is 0.679. The Morgan fingerprint density at radius 1 is 1.20 bits per heavy atom. The molecule has 80 valence electrons. The Bertz CT molecular complexity index is 400. The molecule has 5 heteroatoms. The standard InChI is InChI=1S/C10H11NO4/c1-6-4-7(9(12)14-2)5-11-8(6)10(13)15-3/h4-5H,1-3H3. The fourth-order valence-electron chi connectivity index (χ4n) is 1.11. The number of pyridine rings is 1. The molecule has 0 atom stereocenters. The smallest absolute Gasteiger partial charge is 0.356 e. The molecule has 0 saturated carbocycles. The van der Waals surface area contributed by atoms with Crippen LogP contribution in [0.2, 0.25) is 0 Å². The molecule has 5 nitrogen and oxygen atoms in total. The van der Waals surface area contributed by atoms with Crippen LogP contribution in [0.5, 0.6) is 0 Å². The fraction of sp³-hybridized carbons (Fsp3) is 0.300. The summed E-state index contributed by atoms with van der Waals surface area (Å²) in [4.78, 5) is 26.2. The van der Waals surface area contributed by atoms with E-state index in [-0.39, 0.29) is 5.69 Å². The van der Waals surface area contributed by atoms with E-state index in [1.165, 1.54) is 26.5 Å². The van der Waals surface area contributed by atoms with E-state index in [4.69, 9.17) is 0 Å². The van der Waals surface area contributed by atoms with Gasteiger partial charge in [0.15, 0.2) is 5.69 Å². The Hall–Kier alpha value is -1.91. The number of esters is 2. The predicted octanol–water partition coefficient (Wildman–Crippen LogP) is 0.963. The second-order valence-corrected chi connectivity index (χ2v) is 2.87. The molecule has 1 heterocycles. The van der Waals surface area contributed by atoms with Crippen LogP contribution >= 0.6 is 0 Å². The Balaban J connectivity index is 3.08. The van der Waals surface area contributed by atoms with E-state index in [2.05, 4.69) is 14.5 Å². The average Bonchev–Trinajstić information content (AvgIpc) is 2.26. The zero-order chi connectivity index (χ0) is 11.4. The number of ether oxygens (including phenoxy) is 2. The van der Waals surface area contributed by atoms with E-state index in [9.17, 15) is 9.59 Å². The molecular weight excluding hydrogens is 198 g/mol. The number of rotatable bonds is 2. The summed E-state index contributed by atoms with van der Waals surface area (Å²) in [5, 5.41) is 0. The van der Waals surface area contributed by atoms with Gasteiger partial charge in [-0.3, -0.25) is 0 Å². The topological polar surface area (TPSA) is 65.5 Å². The first-order valence-corrected chi connectivity index (χ1v) is 4.23. The monoisotopic (exact) mass is 209 g/mol. The summed E-state index contributed by atoms with van der Waals surface area (Å²) >= 11 is 0. The highest BCUT2D eigenvalue weighted by Gasteiger charge is 2.14. The van der Waals surface area contributed by atoms with Crippen molar-refractivity contribution in [1.82, 2.24) is 4.98 Å². The highest BCUT2D eigenvalue weighted by molar-refractivity contribution is 5.92. The van der Waals surface area contributed by atoms with Gasteiger partial charge in [0.25, 0.3) is 0 Å². The van der Waals surface area contributed by atoms with Crippen molar-refractivity contribution in [3.05, 3.63) is 29.1 Å². The van der Waals surface area contributed by atoms with Crippen LogP contribution in [0.1, 0.15) is 26.4 Å². The van der Waals surface area contributed by atoms with E-state index < -0.39 is 11.9 Å². The number of hydrogen-bond acceptors (Lipinski definition) is 5. The predicted molar refractivity (Wildman–Crippen MR) is 51.7 cm³/mol. The maximum absolute atomic E-state index is 11.2. The van der Waals surface area contributed by atoms with E-state index in [1.54, 1.807) is 6.92 Å². The minimum Gasteiger partial charge on any atom is -0.465 e. The van der Waals surface area contributed by atoms with E-state index in [0.29, 0.717) is 11.1 Å². The number of methoxy groups -OCH3 is 2. The second-order valence-electron chi connectivity index (χ2n) is 2.87. The van der Waals surface area contributed by atoms with Gasteiger partial charge in [-0.1, -0.05) is 0 Å². The SMILES string of the molecule is COC(=O)c1cnc(C(=O)OC)c(C)c1. The molecule has 0 aliphatic heterocycles. The molecule has 0 aliphatic rings. The van der Waals surface area contributed by atoms with Crippen molar-refractivity contribution in [2.75, 3.05) is 14.2 Å². The molecule has 1 rings (SSSR count). The van der Waals surface area contributed by atoms with Crippen LogP contribution in [0.25, 0.3) is 0 Å². The summed E-state index contributed by atoms with van der Waals surface area (Å²) in [5.74, 6) is -1.01. The van der Waals surface area contributed by atoms with Gasteiger partial charge in [0.1, 0.15) is 0 Å². The van der Waals surface area contributed by atoms with Gasteiger partial charge in [-0.05, 0) is 18.6 Å². The number of hydrogen-bond donors (Lipinski definition) is 0. The molecule has 0 spiro atoms. The minimum atomic E-state index is -0.524. The van der Waals surface area contributed by atoms with Crippen molar-refractivity contribution in [3.8, 4) is 0 Å². The van der Waals surface area contributed by atoms with Gasteiger partial charge < -0.3 is 9.47 Å². The Morgan fingerprint density at radius 2 is 1.80 bits per heavy atom. The third-order valence-corrected chi connectivity index (χ3v) is 1.88. The zero-order valence-electron chi connectivity index (χ0n) is 8.73.